The van der Waals surface area contributed by atoms with Crippen molar-refractivity contribution >= 4 is 14.3 Å². The summed E-state index contributed by atoms with van der Waals surface area (Å²) in [4.78, 5) is 11.1. The van der Waals surface area contributed by atoms with Crippen LogP contribution in [0.3, 0.4) is 0 Å². The van der Waals surface area contributed by atoms with E-state index in [2.05, 4.69) is 40.8 Å². The molecule has 0 spiro atoms. The van der Waals surface area contributed by atoms with Gasteiger partial charge in [0.1, 0.15) is 0 Å². The van der Waals surface area contributed by atoms with E-state index >= 15 is 0 Å². The van der Waals surface area contributed by atoms with Crippen LogP contribution in [0.5, 0.6) is 0 Å². The van der Waals surface area contributed by atoms with Crippen LogP contribution in [0.2, 0.25) is 18.1 Å². The lowest BCUT2D eigenvalue weighted by molar-refractivity contribution is -0.137. The molecule has 0 aliphatic carbocycles. The Balaban J connectivity index is 3.87. The molecule has 0 aromatic rings. The van der Waals surface area contributed by atoms with E-state index in [0.717, 1.165) is 25.9 Å². The smallest absolute Gasteiger partial charge is 0.330 e. The zero-order chi connectivity index (χ0) is 16.5. The highest BCUT2D eigenvalue weighted by Crippen LogP contribution is 2.36. The Labute approximate surface area is 132 Å². The molecule has 4 heteroatoms. The van der Waals surface area contributed by atoms with Crippen molar-refractivity contribution in [3.8, 4) is 0 Å². The highest BCUT2D eigenvalue weighted by atomic mass is 28.4. The van der Waals surface area contributed by atoms with Crippen molar-refractivity contribution in [2.24, 2.45) is 5.92 Å². The summed E-state index contributed by atoms with van der Waals surface area (Å²) in [6.07, 6.45) is 6.52. The summed E-state index contributed by atoms with van der Waals surface area (Å²) in [6.45, 7) is 16.7. The predicted octanol–water partition coefficient (Wildman–Crippen LogP) is 4.93. The first-order chi connectivity index (χ1) is 9.60. The van der Waals surface area contributed by atoms with Crippen LogP contribution < -0.4 is 0 Å². The average molecular weight is 315 g/mol. The molecule has 0 saturated heterocycles. The van der Waals surface area contributed by atoms with Crippen LogP contribution in [0.25, 0.3) is 0 Å². The molecule has 1 atom stereocenters. The lowest BCUT2D eigenvalue weighted by atomic mass is 10.0. The third-order valence-electron chi connectivity index (χ3n) is 4.25. The van der Waals surface area contributed by atoms with E-state index in [4.69, 9.17) is 9.16 Å². The van der Waals surface area contributed by atoms with E-state index in [1.165, 1.54) is 6.08 Å². The third kappa shape index (κ3) is 9.09. The summed E-state index contributed by atoms with van der Waals surface area (Å²) >= 11 is 0. The Morgan fingerprint density at radius 3 is 2.38 bits per heavy atom. The van der Waals surface area contributed by atoms with Crippen molar-refractivity contribution in [1.29, 1.82) is 0 Å². The normalized spacial score (nSPS) is 14.4. The SMILES string of the molecule is CCOC(=O)/C=C/CCC(C)CCO[Si](C)(C)C(C)(C)C. The molecule has 0 N–H and O–H groups in total. The van der Waals surface area contributed by atoms with Gasteiger partial charge in [0.05, 0.1) is 6.61 Å². The standard InChI is InChI=1S/C17H34O3Si/c1-8-19-16(18)12-10-9-11-15(2)13-14-20-21(6,7)17(3,4)5/h10,12,15H,8-9,11,13-14H2,1-7H3/b12-10+. The summed E-state index contributed by atoms with van der Waals surface area (Å²) in [5.41, 5.74) is 0. The molecule has 1 unspecified atom stereocenters. The largest absolute Gasteiger partial charge is 0.463 e. The van der Waals surface area contributed by atoms with E-state index in [0.29, 0.717) is 12.5 Å². The molecule has 0 aliphatic rings. The molecule has 0 amide bonds. The summed E-state index contributed by atoms with van der Waals surface area (Å²) in [5, 5.41) is 0.276. The fourth-order valence-electron chi connectivity index (χ4n) is 1.63. The molecule has 0 fully saturated rings. The first kappa shape index (κ1) is 20.4. The number of hydrogen-bond acceptors (Lipinski definition) is 3. The Morgan fingerprint density at radius 2 is 1.86 bits per heavy atom. The van der Waals surface area contributed by atoms with Crippen molar-refractivity contribution in [3.05, 3.63) is 12.2 Å². The Bertz CT molecular complexity index is 329. The molecule has 0 aromatic heterocycles. The Hall–Kier alpha value is -0.613. The second-order valence-electron chi connectivity index (χ2n) is 7.23. The number of allylic oxidation sites excluding steroid dienone is 1. The second kappa shape index (κ2) is 9.41. The lowest BCUT2D eigenvalue weighted by Crippen LogP contribution is -2.41. The van der Waals surface area contributed by atoms with Crippen molar-refractivity contribution in [1.82, 2.24) is 0 Å². The van der Waals surface area contributed by atoms with Crippen LogP contribution >= 0.6 is 0 Å². The number of rotatable bonds is 9. The Kier molecular flexibility index (Phi) is 9.14. The van der Waals surface area contributed by atoms with Gasteiger partial charge in [-0.2, -0.15) is 0 Å². The molecule has 0 aromatic carbocycles. The zero-order valence-electron chi connectivity index (χ0n) is 15.0. The molecule has 3 nitrogen and oxygen atoms in total. The topological polar surface area (TPSA) is 35.5 Å². The maximum absolute atomic E-state index is 11.1. The van der Waals surface area contributed by atoms with Gasteiger partial charge in [0.15, 0.2) is 8.32 Å². The molecule has 21 heavy (non-hydrogen) atoms. The first-order valence-electron chi connectivity index (χ1n) is 8.07. The number of ether oxygens (including phenoxy) is 1. The third-order valence-corrected chi connectivity index (χ3v) is 8.78. The molecule has 0 aliphatic heterocycles. The van der Waals surface area contributed by atoms with Crippen LogP contribution in [0.4, 0.5) is 0 Å². The van der Waals surface area contributed by atoms with Gasteiger partial charge in [0.25, 0.3) is 0 Å². The van der Waals surface area contributed by atoms with Crippen LogP contribution in [0.15, 0.2) is 12.2 Å². The molecule has 124 valence electrons. The number of carbonyl (C=O) groups excluding carboxylic acids is 1. The van der Waals surface area contributed by atoms with Gasteiger partial charge in [0.2, 0.25) is 0 Å². The predicted molar refractivity (Wildman–Crippen MR) is 91.9 cm³/mol. The minimum Gasteiger partial charge on any atom is -0.463 e. The summed E-state index contributed by atoms with van der Waals surface area (Å²) in [6, 6.07) is 0. The fraction of sp³-hybridized carbons (Fsp3) is 0.824. The van der Waals surface area contributed by atoms with Gasteiger partial charge in [-0.1, -0.05) is 33.8 Å². The van der Waals surface area contributed by atoms with Crippen LogP contribution in [-0.4, -0.2) is 27.5 Å². The second-order valence-corrected chi connectivity index (χ2v) is 12.0. The molecule has 0 radical (unpaired) electrons. The molecular weight excluding hydrogens is 280 g/mol. The van der Waals surface area contributed by atoms with Gasteiger partial charge in [-0.15, -0.1) is 0 Å². The van der Waals surface area contributed by atoms with Gasteiger partial charge in [-0.3, -0.25) is 0 Å². The highest BCUT2D eigenvalue weighted by molar-refractivity contribution is 6.74. The van der Waals surface area contributed by atoms with E-state index in [-0.39, 0.29) is 11.0 Å². The van der Waals surface area contributed by atoms with Crippen molar-refractivity contribution in [3.63, 3.8) is 0 Å². The summed E-state index contributed by atoms with van der Waals surface area (Å²) in [7, 11) is -1.61. The maximum atomic E-state index is 11.1. The number of hydrogen-bond donors (Lipinski definition) is 0. The number of carbonyl (C=O) groups is 1. The van der Waals surface area contributed by atoms with Gasteiger partial charge in [-0.05, 0) is 50.2 Å². The summed E-state index contributed by atoms with van der Waals surface area (Å²) < 4.78 is 11.0. The van der Waals surface area contributed by atoms with Gasteiger partial charge in [-0.25, -0.2) is 4.79 Å². The van der Waals surface area contributed by atoms with Gasteiger partial charge in [0, 0.05) is 12.7 Å². The van der Waals surface area contributed by atoms with Gasteiger partial charge < -0.3 is 9.16 Å². The molecule has 0 saturated carbocycles. The van der Waals surface area contributed by atoms with Gasteiger partial charge >= 0.3 is 5.97 Å². The fourth-order valence-corrected chi connectivity index (χ4v) is 2.69. The zero-order valence-corrected chi connectivity index (χ0v) is 16.0. The Morgan fingerprint density at radius 1 is 1.24 bits per heavy atom. The molecular formula is C17H34O3Si. The van der Waals surface area contributed by atoms with E-state index in [1.54, 1.807) is 0 Å². The monoisotopic (exact) mass is 314 g/mol. The molecule has 0 bridgehead atoms. The van der Waals surface area contributed by atoms with Crippen LogP contribution in [-0.2, 0) is 14.0 Å². The quantitative estimate of drug-likeness (QED) is 0.344. The highest BCUT2D eigenvalue weighted by Gasteiger charge is 2.36. The minimum atomic E-state index is -1.61. The van der Waals surface area contributed by atoms with Crippen molar-refractivity contribution in [2.75, 3.05) is 13.2 Å². The van der Waals surface area contributed by atoms with Crippen LogP contribution in [0.1, 0.15) is 53.9 Å². The van der Waals surface area contributed by atoms with Crippen LogP contribution in [0, 0.1) is 5.92 Å². The lowest BCUT2D eigenvalue weighted by Gasteiger charge is -2.36. The molecule has 0 heterocycles. The number of esters is 1. The van der Waals surface area contributed by atoms with Crippen molar-refractivity contribution in [2.45, 2.75) is 72.0 Å². The van der Waals surface area contributed by atoms with E-state index in [9.17, 15) is 4.79 Å². The molecule has 0 rings (SSSR count). The van der Waals surface area contributed by atoms with Crippen molar-refractivity contribution < 1.29 is 14.0 Å². The minimum absolute atomic E-state index is 0.244. The maximum Gasteiger partial charge on any atom is 0.330 e. The van der Waals surface area contributed by atoms with E-state index in [1.807, 2.05) is 13.0 Å². The van der Waals surface area contributed by atoms with E-state index < -0.39 is 8.32 Å². The average Bonchev–Trinajstić information content (AvgIpc) is 2.33. The first-order valence-corrected chi connectivity index (χ1v) is 11.0. The summed E-state index contributed by atoms with van der Waals surface area (Å²) in [5.74, 6) is 0.369.